The van der Waals surface area contributed by atoms with Gasteiger partial charge in [-0.1, -0.05) is 172 Å². The van der Waals surface area contributed by atoms with E-state index in [1.54, 1.807) is 30.3 Å². The fourth-order valence-corrected chi connectivity index (χ4v) is 6.14. The van der Waals surface area contributed by atoms with Gasteiger partial charge in [-0.2, -0.15) is 0 Å². The average Bonchev–Trinajstić information content (AvgIpc) is 3.21. The molecule has 8 N–H and O–H groups in total. The molecule has 6 rings (SSSR count). The first-order valence-electron chi connectivity index (χ1n) is 17.9. The lowest BCUT2D eigenvalue weighted by Crippen LogP contribution is -2.33. The zero-order valence-electron chi connectivity index (χ0n) is 31.9. The minimum absolute atomic E-state index is 0. The Hall–Kier alpha value is -4.35. The monoisotopic (exact) mass is 1020 g/mol. The van der Waals surface area contributed by atoms with Crippen LogP contribution in [-0.4, -0.2) is 51.3 Å². The van der Waals surface area contributed by atoms with Crippen LogP contribution in [0.1, 0.15) is 48.2 Å². The summed E-state index contributed by atoms with van der Waals surface area (Å²) in [4.78, 5) is 21.8. The summed E-state index contributed by atoms with van der Waals surface area (Å²) in [6.45, 7) is 5.13. The number of carboxylic acids is 1. The van der Waals surface area contributed by atoms with Crippen molar-refractivity contribution in [3.8, 4) is 0 Å². The fraction of sp³-hybridized carbons (Fsp3) is 0.174. The minimum Gasteiger partial charge on any atom is -0.481 e. The number of carbonyl (C=O) groups is 2. The van der Waals surface area contributed by atoms with Crippen LogP contribution in [0.25, 0.3) is 0 Å². The van der Waals surface area contributed by atoms with Gasteiger partial charge in [0.2, 0.25) is 5.91 Å². The zero-order chi connectivity index (χ0) is 42.0. The number of halogens is 2. The third-order valence-electron chi connectivity index (χ3n) is 7.71. The molecule has 0 aliphatic rings. The summed E-state index contributed by atoms with van der Waals surface area (Å²) in [5.41, 5.74) is 12.8. The lowest BCUT2D eigenvalue weighted by atomic mass is 9.79. The number of carbonyl (C=O) groups excluding carboxylic acids is 1. The van der Waals surface area contributed by atoms with Gasteiger partial charge in [0.25, 0.3) is 0 Å². The number of hydrogen-bond acceptors (Lipinski definition) is 7. The molecule has 0 aliphatic carbocycles. The molecule has 0 spiro atoms. The van der Waals surface area contributed by atoms with Gasteiger partial charge in [0, 0.05) is 20.2 Å². The van der Waals surface area contributed by atoms with Crippen molar-refractivity contribution >= 4 is 82.2 Å². The van der Waals surface area contributed by atoms with E-state index in [1.807, 2.05) is 141 Å². The highest BCUT2D eigenvalue weighted by atomic mass is 127. The van der Waals surface area contributed by atoms with Gasteiger partial charge >= 0.3 is 20.2 Å². The van der Waals surface area contributed by atoms with Crippen molar-refractivity contribution in [1.82, 2.24) is 5.32 Å². The van der Waals surface area contributed by atoms with Crippen LogP contribution in [0.3, 0.4) is 0 Å². The highest BCUT2D eigenvalue weighted by molar-refractivity contribution is 14.1. The maximum absolute atomic E-state index is 11.7. The maximum atomic E-state index is 11.7. The van der Waals surface area contributed by atoms with Crippen molar-refractivity contribution < 1.29 is 34.8 Å². The number of carboxylic acid groups (broad SMARTS) is 1. The number of benzene rings is 6. The van der Waals surface area contributed by atoms with E-state index in [0.29, 0.717) is 30.4 Å². The summed E-state index contributed by atoms with van der Waals surface area (Å²) < 4.78 is 1.79. The second-order valence-corrected chi connectivity index (χ2v) is 14.7. The van der Waals surface area contributed by atoms with Gasteiger partial charge in [0.05, 0.1) is 12.8 Å². The highest BCUT2D eigenvalue weighted by Crippen LogP contribution is 2.11. The standard InChI is InChI=1S/C15H15NO.C8H10BIO2.C8H8O2.C7H9N.C6H6BIO2.2CH4/c17-15(11-13-7-3-1-4-8-13)16-12-14-9-5-2-6-10-14;1-5-3-6(2)8(10)7(4-5)9(11)12;9-8(10)6-7-4-2-1-3-5-7;8-6-7-4-2-1-3-5-7;8-6-4-2-1-3-5(6)7(9)10;;/h1-10H,11-12H2,(H,16,17);3-4,11-12H,1-2H3;1-5H,6H2,(H,9,10);1-5H,6,8H2;1-4,9-10H;2*1H4. The Bertz CT molecular complexity index is 2030. The molecule has 0 bridgehead atoms. The molecule has 59 heavy (non-hydrogen) atoms. The lowest BCUT2D eigenvalue weighted by Gasteiger charge is -2.07. The van der Waals surface area contributed by atoms with Gasteiger partial charge in [-0.15, -0.1) is 0 Å². The summed E-state index contributed by atoms with van der Waals surface area (Å²) in [5.74, 6) is -0.730. The van der Waals surface area contributed by atoms with Crippen LogP contribution in [0.15, 0.2) is 158 Å². The number of aliphatic carboxylic acids is 1. The van der Waals surface area contributed by atoms with Crippen LogP contribution in [0.2, 0.25) is 0 Å². The molecule has 6 aromatic carbocycles. The molecule has 0 saturated heterocycles. The third kappa shape index (κ3) is 23.7. The molecular formula is C46H56B2I2N2O7. The lowest BCUT2D eigenvalue weighted by molar-refractivity contribution is -0.136. The van der Waals surface area contributed by atoms with Crippen LogP contribution >= 0.6 is 45.2 Å². The molecular weight excluding hydrogens is 968 g/mol. The molecule has 0 fully saturated rings. The summed E-state index contributed by atoms with van der Waals surface area (Å²) in [6.07, 6.45) is 0.550. The Morgan fingerprint density at radius 1 is 0.576 bits per heavy atom. The second kappa shape index (κ2) is 31.6. The van der Waals surface area contributed by atoms with Gasteiger partial charge in [0.15, 0.2) is 0 Å². The first-order chi connectivity index (χ1) is 27.3. The number of rotatable bonds is 9. The molecule has 0 aliphatic heterocycles. The zero-order valence-corrected chi connectivity index (χ0v) is 36.2. The maximum Gasteiger partial charge on any atom is 0.489 e. The smallest absolute Gasteiger partial charge is 0.481 e. The van der Waals surface area contributed by atoms with E-state index in [1.165, 1.54) is 5.56 Å². The van der Waals surface area contributed by atoms with E-state index in [4.69, 9.17) is 30.9 Å². The van der Waals surface area contributed by atoms with Gasteiger partial charge < -0.3 is 36.3 Å². The summed E-state index contributed by atoms with van der Waals surface area (Å²) >= 11 is 4.17. The van der Waals surface area contributed by atoms with Gasteiger partial charge in [-0.05, 0) is 104 Å². The molecule has 0 aromatic heterocycles. The third-order valence-corrected chi connectivity index (χ3v) is 10.2. The molecule has 0 radical (unpaired) electrons. The van der Waals surface area contributed by atoms with Gasteiger partial charge in [-0.3, -0.25) is 9.59 Å². The Balaban J connectivity index is 0.000000724. The quantitative estimate of drug-likeness (QED) is 0.0610. The molecule has 13 heteroatoms. The number of nitrogens with one attached hydrogen (secondary N) is 1. The first kappa shape index (κ1) is 54.6. The molecule has 0 atom stereocenters. The van der Waals surface area contributed by atoms with E-state index >= 15 is 0 Å². The Labute approximate surface area is 378 Å². The van der Waals surface area contributed by atoms with Gasteiger partial charge in [-0.25, -0.2) is 0 Å². The number of aryl methyl sites for hydroxylation is 2. The second-order valence-electron chi connectivity index (χ2n) is 12.4. The SMILES string of the molecule is C.C.Cc1cc(C)c(I)c(B(O)O)c1.NCc1ccccc1.O=C(Cc1ccccc1)NCc1ccccc1.O=C(O)Cc1ccccc1.OB(O)c1ccccc1I. The summed E-state index contributed by atoms with van der Waals surface area (Å²) in [6, 6.07) is 49.8. The van der Waals surface area contributed by atoms with E-state index in [9.17, 15) is 9.59 Å². The van der Waals surface area contributed by atoms with E-state index in [-0.39, 0.29) is 27.2 Å². The van der Waals surface area contributed by atoms with Crippen molar-refractivity contribution in [2.45, 2.75) is 54.6 Å². The number of amides is 1. The van der Waals surface area contributed by atoms with E-state index in [2.05, 4.69) is 50.5 Å². The van der Waals surface area contributed by atoms with Crippen molar-refractivity contribution in [2.75, 3.05) is 0 Å². The predicted octanol–water partition coefficient (Wildman–Crippen LogP) is 6.84. The largest absolute Gasteiger partial charge is 0.489 e. The normalized spacial score (nSPS) is 9.31. The molecule has 312 valence electrons. The molecule has 0 unspecified atom stereocenters. The molecule has 1 amide bonds. The Morgan fingerprint density at radius 2 is 0.983 bits per heavy atom. The van der Waals surface area contributed by atoms with Crippen molar-refractivity contribution in [3.63, 3.8) is 0 Å². The Morgan fingerprint density at radius 3 is 1.37 bits per heavy atom. The molecule has 6 aromatic rings. The Kier molecular flexibility index (Phi) is 29.2. The minimum atomic E-state index is -1.37. The summed E-state index contributed by atoms with van der Waals surface area (Å²) in [7, 11) is -2.72. The first-order valence-corrected chi connectivity index (χ1v) is 20.0. The van der Waals surface area contributed by atoms with Crippen molar-refractivity contribution in [2.24, 2.45) is 5.73 Å². The molecule has 9 nitrogen and oxygen atoms in total. The number of nitrogens with two attached hydrogens (primary N) is 1. The summed E-state index contributed by atoms with van der Waals surface area (Å²) in [5, 5.41) is 46.8. The van der Waals surface area contributed by atoms with Crippen LogP contribution < -0.4 is 22.0 Å². The van der Waals surface area contributed by atoms with Crippen molar-refractivity contribution in [1.29, 1.82) is 0 Å². The predicted molar refractivity (Wildman–Crippen MR) is 261 cm³/mol. The number of hydrogen-bond donors (Lipinski definition) is 7. The van der Waals surface area contributed by atoms with Crippen LogP contribution in [-0.2, 0) is 35.5 Å². The molecule has 0 heterocycles. The van der Waals surface area contributed by atoms with Crippen LogP contribution in [0, 0.1) is 21.0 Å². The fourth-order valence-electron chi connectivity index (χ4n) is 4.88. The van der Waals surface area contributed by atoms with Crippen LogP contribution in [0.4, 0.5) is 0 Å². The average molecular weight is 1020 g/mol. The van der Waals surface area contributed by atoms with Crippen molar-refractivity contribution in [3.05, 3.63) is 198 Å². The topological polar surface area (TPSA) is 173 Å². The van der Waals surface area contributed by atoms with Gasteiger partial charge in [0.1, 0.15) is 0 Å². The van der Waals surface area contributed by atoms with E-state index in [0.717, 1.165) is 35.0 Å². The highest BCUT2D eigenvalue weighted by Gasteiger charge is 2.16. The molecule has 0 saturated carbocycles. The van der Waals surface area contributed by atoms with E-state index < -0.39 is 20.2 Å². The van der Waals surface area contributed by atoms with Crippen LogP contribution in [0.5, 0.6) is 0 Å².